The highest BCUT2D eigenvalue weighted by molar-refractivity contribution is 5.70. The molecule has 0 saturated heterocycles. The number of hydrogen-bond donors (Lipinski definition) is 0. The van der Waals surface area contributed by atoms with E-state index in [1.54, 1.807) is 0 Å². The Kier molecular flexibility index (Phi) is 3.11. The van der Waals surface area contributed by atoms with Gasteiger partial charge >= 0.3 is 0 Å². The number of ether oxygens (including phenoxy) is 1. The Morgan fingerprint density at radius 1 is 1.16 bits per heavy atom. The van der Waals surface area contributed by atoms with E-state index >= 15 is 0 Å². The maximum Gasteiger partial charge on any atom is 0.281 e. The number of para-hydroxylation sites is 1. The molecule has 3 nitrogen and oxygen atoms in total. The van der Waals surface area contributed by atoms with E-state index in [0.717, 1.165) is 25.3 Å². The third-order valence-electron chi connectivity index (χ3n) is 3.56. The molecule has 98 valence electrons. The highest BCUT2D eigenvalue weighted by Crippen LogP contribution is 2.37. The Bertz CT molecular complexity index is 595. The molecule has 0 amide bonds. The van der Waals surface area contributed by atoms with Crippen LogP contribution < -0.4 is 14.2 Å². The second-order valence-electron chi connectivity index (χ2n) is 4.95. The van der Waals surface area contributed by atoms with E-state index < -0.39 is 0 Å². The fraction of sp³-hybridized carbons (Fsp3) is 0.312. The number of fused-ring (bicyclic) bond motifs is 1. The number of anilines is 2. The fourth-order valence-electron chi connectivity index (χ4n) is 2.63. The second kappa shape index (κ2) is 4.92. The molecule has 0 radical (unpaired) electrons. The van der Waals surface area contributed by atoms with Gasteiger partial charge in [0, 0.05) is 12.5 Å². The molecule has 1 aromatic heterocycles. The van der Waals surface area contributed by atoms with Gasteiger partial charge in [0.1, 0.15) is 0 Å². The van der Waals surface area contributed by atoms with Crippen molar-refractivity contribution in [3.8, 4) is 5.75 Å². The van der Waals surface area contributed by atoms with Crippen LogP contribution in [0, 0.1) is 6.92 Å². The summed E-state index contributed by atoms with van der Waals surface area (Å²) in [4.78, 5) is 2.36. The summed E-state index contributed by atoms with van der Waals surface area (Å²) >= 11 is 0. The SMILES string of the molecule is Cc1cccc2c1N(c1cccc[n+]1C)CCCO2. The predicted octanol–water partition coefficient (Wildman–Crippen LogP) is 2.74. The normalized spacial score (nSPS) is 14.5. The lowest BCUT2D eigenvalue weighted by Crippen LogP contribution is -2.37. The van der Waals surface area contributed by atoms with Crippen LogP contribution in [-0.4, -0.2) is 13.2 Å². The topological polar surface area (TPSA) is 16.4 Å². The van der Waals surface area contributed by atoms with Crippen molar-refractivity contribution in [3.63, 3.8) is 0 Å². The summed E-state index contributed by atoms with van der Waals surface area (Å²) < 4.78 is 8.02. The van der Waals surface area contributed by atoms with E-state index in [1.807, 2.05) is 0 Å². The van der Waals surface area contributed by atoms with Crippen molar-refractivity contribution in [2.75, 3.05) is 18.1 Å². The van der Waals surface area contributed by atoms with E-state index in [2.05, 4.69) is 66.0 Å². The Morgan fingerprint density at radius 3 is 2.89 bits per heavy atom. The molecule has 0 fully saturated rings. The van der Waals surface area contributed by atoms with E-state index in [-0.39, 0.29) is 0 Å². The molecule has 1 aliphatic heterocycles. The zero-order valence-corrected chi connectivity index (χ0v) is 11.5. The van der Waals surface area contributed by atoms with Crippen LogP contribution in [0.3, 0.4) is 0 Å². The van der Waals surface area contributed by atoms with Crippen molar-refractivity contribution < 1.29 is 9.30 Å². The molecule has 2 heterocycles. The third-order valence-corrected chi connectivity index (χ3v) is 3.56. The van der Waals surface area contributed by atoms with Gasteiger partial charge in [0.05, 0.1) is 26.4 Å². The van der Waals surface area contributed by atoms with Gasteiger partial charge in [-0.25, -0.2) is 9.47 Å². The first-order valence-electron chi connectivity index (χ1n) is 6.72. The molecule has 0 spiro atoms. The van der Waals surface area contributed by atoms with Crippen LogP contribution in [-0.2, 0) is 7.05 Å². The first kappa shape index (κ1) is 12.0. The third kappa shape index (κ3) is 2.16. The Hall–Kier alpha value is -2.03. The van der Waals surface area contributed by atoms with E-state index in [9.17, 15) is 0 Å². The second-order valence-corrected chi connectivity index (χ2v) is 4.95. The summed E-state index contributed by atoms with van der Waals surface area (Å²) in [6.07, 6.45) is 3.11. The van der Waals surface area contributed by atoms with Crippen LogP contribution in [0.5, 0.6) is 5.75 Å². The van der Waals surface area contributed by atoms with Gasteiger partial charge in [0.25, 0.3) is 5.82 Å². The maximum absolute atomic E-state index is 5.87. The van der Waals surface area contributed by atoms with Crippen molar-refractivity contribution in [3.05, 3.63) is 48.2 Å². The minimum Gasteiger partial charge on any atom is -0.489 e. The number of aryl methyl sites for hydroxylation is 2. The molecular formula is C16H19N2O+. The van der Waals surface area contributed by atoms with Gasteiger partial charge in [-0.3, -0.25) is 0 Å². The van der Waals surface area contributed by atoms with Crippen LogP contribution in [0.1, 0.15) is 12.0 Å². The Labute approximate surface area is 114 Å². The number of pyridine rings is 1. The lowest BCUT2D eigenvalue weighted by atomic mass is 10.1. The highest BCUT2D eigenvalue weighted by Gasteiger charge is 2.27. The molecule has 0 unspecified atom stereocenters. The number of nitrogens with zero attached hydrogens (tertiary/aromatic N) is 2. The van der Waals surface area contributed by atoms with Gasteiger partial charge in [-0.15, -0.1) is 0 Å². The molecule has 0 saturated carbocycles. The van der Waals surface area contributed by atoms with Crippen LogP contribution in [0.25, 0.3) is 0 Å². The van der Waals surface area contributed by atoms with Crippen molar-refractivity contribution in [1.29, 1.82) is 0 Å². The van der Waals surface area contributed by atoms with Gasteiger partial charge in [-0.1, -0.05) is 18.2 Å². The predicted molar refractivity (Wildman–Crippen MR) is 75.9 cm³/mol. The average Bonchev–Trinajstić information content (AvgIpc) is 2.63. The van der Waals surface area contributed by atoms with Crippen LogP contribution in [0.4, 0.5) is 11.5 Å². The van der Waals surface area contributed by atoms with E-state index in [4.69, 9.17) is 4.74 Å². The first-order chi connectivity index (χ1) is 9.27. The minimum atomic E-state index is 0.781. The van der Waals surface area contributed by atoms with Gasteiger partial charge in [-0.05, 0) is 24.6 Å². The van der Waals surface area contributed by atoms with Crippen LogP contribution in [0.15, 0.2) is 42.6 Å². The summed E-state index contributed by atoms with van der Waals surface area (Å²) in [6, 6.07) is 12.5. The molecule has 0 N–H and O–H groups in total. The molecule has 2 aromatic rings. The van der Waals surface area contributed by atoms with Crippen LogP contribution in [0.2, 0.25) is 0 Å². The van der Waals surface area contributed by atoms with Crippen LogP contribution >= 0.6 is 0 Å². The smallest absolute Gasteiger partial charge is 0.281 e. The summed E-state index contributed by atoms with van der Waals surface area (Å²) in [7, 11) is 2.08. The van der Waals surface area contributed by atoms with E-state index in [0.29, 0.717) is 0 Å². The molecule has 3 rings (SSSR count). The molecular weight excluding hydrogens is 236 g/mol. The number of benzene rings is 1. The molecule has 19 heavy (non-hydrogen) atoms. The number of hydrogen-bond acceptors (Lipinski definition) is 2. The quantitative estimate of drug-likeness (QED) is 0.729. The summed E-state index contributed by atoms with van der Waals surface area (Å²) in [5.41, 5.74) is 2.45. The standard InChI is InChI=1S/C16H19N2O/c1-13-7-5-8-14-16(13)18(11-6-12-19-14)15-9-3-4-10-17(15)2/h3-5,7-10H,6,11-12H2,1-2H3/q+1. The molecule has 0 aliphatic carbocycles. The van der Waals surface area contributed by atoms with Crippen molar-refractivity contribution in [1.82, 2.24) is 0 Å². The number of rotatable bonds is 1. The minimum absolute atomic E-state index is 0.781. The molecule has 1 aliphatic rings. The monoisotopic (exact) mass is 255 g/mol. The summed E-state index contributed by atoms with van der Waals surface area (Å²) in [6.45, 7) is 3.91. The zero-order chi connectivity index (χ0) is 13.2. The Balaban J connectivity index is 2.16. The maximum atomic E-state index is 5.87. The first-order valence-corrected chi connectivity index (χ1v) is 6.72. The molecule has 0 atom stereocenters. The van der Waals surface area contributed by atoms with Gasteiger partial charge in [0.2, 0.25) is 0 Å². The largest absolute Gasteiger partial charge is 0.489 e. The lowest BCUT2D eigenvalue weighted by Gasteiger charge is -2.19. The van der Waals surface area contributed by atoms with Gasteiger partial charge in [-0.2, -0.15) is 0 Å². The van der Waals surface area contributed by atoms with Crippen molar-refractivity contribution >= 4 is 11.5 Å². The molecule has 0 bridgehead atoms. The van der Waals surface area contributed by atoms with Crippen molar-refractivity contribution in [2.45, 2.75) is 13.3 Å². The Morgan fingerprint density at radius 2 is 2.05 bits per heavy atom. The highest BCUT2D eigenvalue weighted by atomic mass is 16.5. The number of aromatic nitrogens is 1. The summed E-state index contributed by atoms with van der Waals surface area (Å²) in [5.74, 6) is 2.19. The fourth-order valence-corrected chi connectivity index (χ4v) is 2.63. The van der Waals surface area contributed by atoms with Crippen molar-refractivity contribution in [2.24, 2.45) is 7.05 Å². The average molecular weight is 255 g/mol. The molecule has 1 aromatic carbocycles. The lowest BCUT2D eigenvalue weighted by molar-refractivity contribution is -0.658. The van der Waals surface area contributed by atoms with E-state index in [1.165, 1.54) is 17.1 Å². The van der Waals surface area contributed by atoms with Gasteiger partial charge in [0.15, 0.2) is 11.4 Å². The zero-order valence-electron chi connectivity index (χ0n) is 11.5. The summed E-state index contributed by atoms with van der Waals surface area (Å²) in [5, 5.41) is 0. The van der Waals surface area contributed by atoms with Gasteiger partial charge < -0.3 is 4.74 Å². The molecule has 3 heteroatoms.